The first-order valence-electron chi connectivity index (χ1n) is 7.27. The third-order valence-electron chi connectivity index (χ3n) is 4.19. The predicted octanol–water partition coefficient (Wildman–Crippen LogP) is 3.37. The zero-order valence-electron chi connectivity index (χ0n) is 12.6. The third-order valence-corrected chi connectivity index (χ3v) is 4.19. The highest BCUT2D eigenvalue weighted by atomic mass is 16.6. The largest absolute Gasteiger partial charge is 0.374 e. The number of hydrogen-bond donors (Lipinski definition) is 2. The third kappa shape index (κ3) is 4.15. The van der Waals surface area contributed by atoms with E-state index in [0.29, 0.717) is 17.7 Å². The van der Waals surface area contributed by atoms with Crippen LogP contribution in [0.1, 0.15) is 45.1 Å². The Bertz CT molecular complexity index is 507. The van der Waals surface area contributed by atoms with E-state index >= 15 is 0 Å². The van der Waals surface area contributed by atoms with Gasteiger partial charge in [0.2, 0.25) is 0 Å². The van der Waals surface area contributed by atoms with Crippen molar-refractivity contribution in [3.05, 3.63) is 33.9 Å². The molecule has 1 aliphatic rings. The topological polar surface area (TPSA) is 90.4 Å². The van der Waals surface area contributed by atoms with Crippen molar-refractivity contribution in [2.45, 2.75) is 52.2 Å². The van der Waals surface area contributed by atoms with Crippen LogP contribution in [0.3, 0.4) is 0 Å². The summed E-state index contributed by atoms with van der Waals surface area (Å²) in [5, 5.41) is 10.8. The van der Waals surface area contributed by atoms with Crippen LogP contribution in [0.15, 0.2) is 18.2 Å². The fourth-order valence-corrected chi connectivity index (χ4v) is 2.70. The number of hydrazine groups is 1. The van der Waals surface area contributed by atoms with Gasteiger partial charge < -0.3 is 10.2 Å². The zero-order valence-corrected chi connectivity index (χ0v) is 12.6. The summed E-state index contributed by atoms with van der Waals surface area (Å²) in [6.45, 7) is 5.04. The SMILES string of the molecule is CC1(C)CCC(OCc2ccc([N+](=O)[O-])c(NN)c2)CC1. The van der Waals surface area contributed by atoms with Crippen LogP contribution < -0.4 is 11.3 Å². The molecule has 0 aliphatic heterocycles. The number of rotatable bonds is 5. The van der Waals surface area contributed by atoms with E-state index in [1.807, 2.05) is 0 Å². The minimum absolute atomic E-state index is 0.0272. The van der Waals surface area contributed by atoms with Gasteiger partial charge in [0.15, 0.2) is 0 Å². The van der Waals surface area contributed by atoms with Gasteiger partial charge in [-0.2, -0.15) is 0 Å². The molecule has 1 fully saturated rings. The Kier molecular flexibility index (Phi) is 4.80. The second-order valence-corrected chi connectivity index (χ2v) is 6.43. The molecule has 3 N–H and O–H groups in total. The van der Waals surface area contributed by atoms with Crippen LogP contribution in [0.5, 0.6) is 0 Å². The number of nitro benzene ring substituents is 1. The summed E-state index contributed by atoms with van der Waals surface area (Å²) in [5.41, 5.74) is 3.96. The summed E-state index contributed by atoms with van der Waals surface area (Å²) in [4.78, 5) is 10.4. The predicted molar refractivity (Wildman–Crippen MR) is 81.7 cm³/mol. The van der Waals surface area contributed by atoms with E-state index in [9.17, 15) is 10.1 Å². The van der Waals surface area contributed by atoms with Crippen molar-refractivity contribution in [2.24, 2.45) is 11.3 Å². The van der Waals surface area contributed by atoms with Gasteiger partial charge in [0.25, 0.3) is 5.69 Å². The number of ether oxygens (including phenoxy) is 1. The van der Waals surface area contributed by atoms with Crippen molar-refractivity contribution in [3.63, 3.8) is 0 Å². The van der Waals surface area contributed by atoms with Crippen molar-refractivity contribution in [1.82, 2.24) is 0 Å². The Morgan fingerprint density at radius 2 is 2.10 bits per heavy atom. The van der Waals surface area contributed by atoms with Crippen LogP contribution in [-0.4, -0.2) is 11.0 Å². The van der Waals surface area contributed by atoms with Crippen molar-refractivity contribution in [3.8, 4) is 0 Å². The van der Waals surface area contributed by atoms with Gasteiger partial charge in [-0.25, -0.2) is 0 Å². The number of hydrogen-bond acceptors (Lipinski definition) is 5. The molecule has 116 valence electrons. The first-order chi connectivity index (χ1) is 9.91. The molecule has 2 rings (SSSR count). The second-order valence-electron chi connectivity index (χ2n) is 6.43. The van der Waals surface area contributed by atoms with E-state index in [1.54, 1.807) is 12.1 Å². The molecule has 0 unspecified atom stereocenters. The minimum Gasteiger partial charge on any atom is -0.374 e. The first kappa shape index (κ1) is 15.7. The van der Waals surface area contributed by atoms with Crippen LogP contribution in [-0.2, 0) is 11.3 Å². The summed E-state index contributed by atoms with van der Waals surface area (Å²) < 4.78 is 5.92. The van der Waals surface area contributed by atoms with Gasteiger partial charge in [0.05, 0.1) is 17.6 Å². The summed E-state index contributed by atoms with van der Waals surface area (Å²) >= 11 is 0. The van der Waals surface area contributed by atoms with Crippen LogP contribution in [0.4, 0.5) is 11.4 Å². The van der Waals surface area contributed by atoms with Crippen molar-refractivity contribution in [1.29, 1.82) is 0 Å². The Hall–Kier alpha value is -1.66. The highest BCUT2D eigenvalue weighted by Crippen LogP contribution is 2.36. The minimum atomic E-state index is -0.455. The van der Waals surface area contributed by atoms with Gasteiger partial charge in [0, 0.05) is 6.07 Å². The van der Waals surface area contributed by atoms with Gasteiger partial charge in [-0.3, -0.25) is 16.0 Å². The smallest absolute Gasteiger partial charge is 0.293 e. The van der Waals surface area contributed by atoms with Crippen LogP contribution in [0.25, 0.3) is 0 Å². The second kappa shape index (κ2) is 6.41. The van der Waals surface area contributed by atoms with E-state index < -0.39 is 4.92 Å². The summed E-state index contributed by atoms with van der Waals surface area (Å²) in [7, 11) is 0. The fraction of sp³-hybridized carbons (Fsp3) is 0.600. The molecule has 0 atom stereocenters. The molecule has 1 aliphatic carbocycles. The number of nitro groups is 1. The van der Waals surface area contributed by atoms with Gasteiger partial charge in [-0.05, 0) is 48.8 Å². The zero-order chi connectivity index (χ0) is 15.5. The Labute approximate surface area is 124 Å². The number of nitrogens with two attached hydrogens (primary N) is 1. The number of anilines is 1. The van der Waals surface area contributed by atoms with Crippen LogP contribution >= 0.6 is 0 Å². The maximum absolute atomic E-state index is 10.8. The first-order valence-corrected chi connectivity index (χ1v) is 7.27. The van der Waals surface area contributed by atoms with Crippen LogP contribution in [0.2, 0.25) is 0 Å². The number of nitrogens with zero attached hydrogens (tertiary/aromatic N) is 1. The molecule has 0 bridgehead atoms. The van der Waals surface area contributed by atoms with Gasteiger partial charge >= 0.3 is 0 Å². The highest BCUT2D eigenvalue weighted by Gasteiger charge is 2.27. The van der Waals surface area contributed by atoms with Crippen LogP contribution in [0, 0.1) is 15.5 Å². The van der Waals surface area contributed by atoms with E-state index in [0.717, 1.165) is 18.4 Å². The lowest BCUT2D eigenvalue weighted by Gasteiger charge is -2.34. The van der Waals surface area contributed by atoms with E-state index in [1.165, 1.54) is 18.9 Å². The lowest BCUT2D eigenvalue weighted by molar-refractivity contribution is -0.384. The molecule has 0 spiro atoms. The Morgan fingerprint density at radius 1 is 1.43 bits per heavy atom. The van der Waals surface area contributed by atoms with E-state index in [-0.39, 0.29) is 11.8 Å². The summed E-state index contributed by atoms with van der Waals surface area (Å²) in [5.74, 6) is 5.33. The average molecular weight is 293 g/mol. The standard InChI is InChI=1S/C15H23N3O3/c1-15(2)7-5-12(6-8-15)21-10-11-3-4-14(18(19)20)13(9-11)17-16/h3-4,9,12,17H,5-8,10,16H2,1-2H3. The molecule has 0 radical (unpaired) electrons. The van der Waals surface area contributed by atoms with Crippen molar-refractivity contribution in [2.75, 3.05) is 5.43 Å². The maximum Gasteiger partial charge on any atom is 0.293 e. The summed E-state index contributed by atoms with van der Waals surface area (Å²) in [6, 6.07) is 4.84. The monoisotopic (exact) mass is 293 g/mol. The van der Waals surface area contributed by atoms with Gasteiger partial charge in [0.1, 0.15) is 5.69 Å². The molecule has 21 heavy (non-hydrogen) atoms. The molecule has 1 saturated carbocycles. The molecule has 1 aromatic rings. The summed E-state index contributed by atoms with van der Waals surface area (Å²) in [6.07, 6.45) is 4.77. The maximum atomic E-state index is 10.8. The Morgan fingerprint density at radius 3 is 2.67 bits per heavy atom. The molecule has 0 aromatic heterocycles. The number of nitrogen functional groups attached to an aromatic ring is 1. The van der Waals surface area contributed by atoms with Gasteiger partial charge in [-0.15, -0.1) is 0 Å². The molecular formula is C15H23N3O3. The molecule has 1 aromatic carbocycles. The van der Waals surface area contributed by atoms with Gasteiger partial charge in [-0.1, -0.05) is 13.8 Å². The lowest BCUT2D eigenvalue weighted by atomic mass is 9.76. The normalized spacial score (nSPS) is 18.4. The Balaban J connectivity index is 1.93. The fourth-order valence-electron chi connectivity index (χ4n) is 2.70. The average Bonchev–Trinajstić information content (AvgIpc) is 2.45. The molecule has 0 amide bonds. The molecule has 6 nitrogen and oxygen atoms in total. The van der Waals surface area contributed by atoms with E-state index in [4.69, 9.17) is 10.6 Å². The van der Waals surface area contributed by atoms with E-state index in [2.05, 4.69) is 19.3 Å². The number of nitrogens with one attached hydrogen (secondary N) is 1. The van der Waals surface area contributed by atoms with Crippen molar-refractivity contribution < 1.29 is 9.66 Å². The quantitative estimate of drug-likeness (QED) is 0.493. The molecular weight excluding hydrogens is 270 g/mol. The number of benzene rings is 1. The molecule has 0 saturated heterocycles. The van der Waals surface area contributed by atoms with Crippen molar-refractivity contribution >= 4 is 11.4 Å². The highest BCUT2D eigenvalue weighted by molar-refractivity contribution is 5.61. The lowest BCUT2D eigenvalue weighted by Crippen LogP contribution is -2.26. The molecule has 6 heteroatoms. The molecule has 0 heterocycles.